The molecule has 0 saturated carbocycles. The molecule has 0 bridgehead atoms. The Morgan fingerprint density at radius 1 is 0.600 bits per heavy atom. The standard InChI is InChI=1S/C46H83NO8/c1-3-5-7-9-11-13-15-16-17-18-19-20-21-22-23-24-26-27-29-31-33-35-40(49)39(38-54-46-45(53)44(52)43(51)41(37-48)55-46)47-42(50)36-34-32-30-28-25-14-12-10-8-6-4-2/h10,12,21-22,26-27,33,35,39-41,43-46,48-49,51-53H,3-9,11,13-20,23-25,28-32,34,36-38H2,1-2H3,(H,47,50)/b12-10-,22-21+,27-26+,35-33+. The van der Waals surface area contributed by atoms with E-state index in [1.165, 1.54) is 89.9 Å². The van der Waals surface area contributed by atoms with Crippen molar-refractivity contribution >= 4 is 5.91 Å². The summed E-state index contributed by atoms with van der Waals surface area (Å²) in [5.74, 6) is -0.204. The number of carbonyl (C=O) groups excluding carboxylic acids is 1. The van der Waals surface area contributed by atoms with Crippen molar-refractivity contribution in [1.82, 2.24) is 5.32 Å². The maximum Gasteiger partial charge on any atom is 0.220 e. The van der Waals surface area contributed by atoms with Crippen LogP contribution in [0.15, 0.2) is 48.6 Å². The van der Waals surface area contributed by atoms with Crippen LogP contribution in [0, 0.1) is 0 Å². The molecule has 7 unspecified atom stereocenters. The largest absolute Gasteiger partial charge is 0.394 e. The number of aliphatic hydroxyl groups is 5. The van der Waals surface area contributed by atoms with Crippen LogP contribution in [0.1, 0.15) is 181 Å². The van der Waals surface area contributed by atoms with Gasteiger partial charge in [-0.05, 0) is 64.2 Å². The summed E-state index contributed by atoms with van der Waals surface area (Å²) in [4.78, 5) is 12.9. The Hall–Kier alpha value is -1.85. The van der Waals surface area contributed by atoms with Crippen molar-refractivity contribution in [3.63, 3.8) is 0 Å². The second-order valence-corrected chi connectivity index (χ2v) is 15.5. The van der Waals surface area contributed by atoms with Crippen molar-refractivity contribution in [2.75, 3.05) is 13.2 Å². The number of hydrogen-bond donors (Lipinski definition) is 6. The first-order chi connectivity index (χ1) is 26.8. The molecule has 7 atom stereocenters. The SMILES string of the molecule is CCCC/C=C\CCCCCCCC(=O)NC(COC1OC(CO)C(O)C(O)C1O)C(O)/C=C/CC/C=C/CC/C=C/CCCCCCCCCCCCC. The van der Waals surface area contributed by atoms with E-state index < -0.39 is 49.5 Å². The summed E-state index contributed by atoms with van der Waals surface area (Å²) < 4.78 is 11.2. The van der Waals surface area contributed by atoms with Gasteiger partial charge in [0.1, 0.15) is 24.4 Å². The Balaban J connectivity index is 2.39. The van der Waals surface area contributed by atoms with Crippen LogP contribution in [0.25, 0.3) is 0 Å². The van der Waals surface area contributed by atoms with Crippen LogP contribution in [-0.4, -0.2) is 87.5 Å². The molecule has 1 rings (SSSR count). The smallest absolute Gasteiger partial charge is 0.220 e. The predicted octanol–water partition coefficient (Wildman–Crippen LogP) is 9.06. The van der Waals surface area contributed by atoms with Crippen molar-refractivity contribution in [3.05, 3.63) is 48.6 Å². The van der Waals surface area contributed by atoms with E-state index in [2.05, 4.69) is 55.6 Å². The van der Waals surface area contributed by atoms with Crippen LogP contribution in [-0.2, 0) is 14.3 Å². The zero-order valence-electron chi connectivity index (χ0n) is 34.9. The molecule has 9 nitrogen and oxygen atoms in total. The zero-order chi connectivity index (χ0) is 40.2. The van der Waals surface area contributed by atoms with Crippen LogP contribution in [0.2, 0.25) is 0 Å². The summed E-state index contributed by atoms with van der Waals surface area (Å²) in [6.45, 7) is 3.69. The van der Waals surface area contributed by atoms with Crippen LogP contribution in [0.5, 0.6) is 0 Å². The summed E-state index contributed by atoms with van der Waals surface area (Å²) in [7, 11) is 0. The van der Waals surface area contributed by atoms with Gasteiger partial charge in [-0.3, -0.25) is 4.79 Å². The van der Waals surface area contributed by atoms with E-state index in [0.29, 0.717) is 6.42 Å². The number of nitrogens with one attached hydrogen (secondary N) is 1. The summed E-state index contributed by atoms with van der Waals surface area (Å²) in [6.07, 6.45) is 38.8. The molecule has 0 aliphatic carbocycles. The fourth-order valence-corrected chi connectivity index (χ4v) is 6.70. The average Bonchev–Trinajstić information content (AvgIpc) is 3.18. The number of amides is 1. The highest BCUT2D eigenvalue weighted by Gasteiger charge is 2.44. The molecule has 0 aromatic heterocycles. The molecule has 1 aliphatic heterocycles. The topological polar surface area (TPSA) is 149 Å². The Bertz CT molecular complexity index is 998. The van der Waals surface area contributed by atoms with Crippen molar-refractivity contribution in [3.8, 4) is 0 Å². The lowest BCUT2D eigenvalue weighted by Gasteiger charge is -2.40. The number of allylic oxidation sites excluding steroid dienone is 7. The van der Waals surface area contributed by atoms with Crippen LogP contribution in [0.3, 0.4) is 0 Å². The summed E-state index contributed by atoms with van der Waals surface area (Å²) in [5.41, 5.74) is 0. The number of ether oxygens (including phenoxy) is 2. The lowest BCUT2D eigenvalue weighted by molar-refractivity contribution is -0.302. The van der Waals surface area contributed by atoms with Gasteiger partial charge in [-0.2, -0.15) is 0 Å². The normalized spacial score (nSPS) is 21.8. The molecule has 0 aromatic rings. The summed E-state index contributed by atoms with van der Waals surface area (Å²) >= 11 is 0. The monoisotopic (exact) mass is 778 g/mol. The van der Waals surface area contributed by atoms with E-state index in [0.717, 1.165) is 70.6 Å². The van der Waals surface area contributed by atoms with Crippen LogP contribution >= 0.6 is 0 Å². The lowest BCUT2D eigenvalue weighted by Crippen LogP contribution is -2.60. The van der Waals surface area contributed by atoms with E-state index in [9.17, 15) is 30.3 Å². The van der Waals surface area contributed by atoms with Crippen molar-refractivity contribution in [1.29, 1.82) is 0 Å². The molecule has 1 heterocycles. The first-order valence-corrected chi connectivity index (χ1v) is 22.4. The third-order valence-corrected chi connectivity index (χ3v) is 10.4. The average molecular weight is 778 g/mol. The minimum Gasteiger partial charge on any atom is -0.394 e. The summed E-state index contributed by atoms with van der Waals surface area (Å²) in [6, 6.07) is -0.831. The molecule has 0 radical (unpaired) electrons. The van der Waals surface area contributed by atoms with Crippen molar-refractivity contribution in [2.24, 2.45) is 0 Å². The van der Waals surface area contributed by atoms with Gasteiger partial charge in [-0.1, -0.05) is 159 Å². The highest BCUT2D eigenvalue weighted by molar-refractivity contribution is 5.76. The van der Waals surface area contributed by atoms with Gasteiger partial charge in [0.15, 0.2) is 6.29 Å². The number of unbranched alkanes of at least 4 members (excludes halogenated alkanes) is 20. The Labute approximate surface area is 335 Å². The fraction of sp³-hybridized carbons (Fsp3) is 0.804. The Kier molecular flexibility index (Phi) is 33.9. The maximum atomic E-state index is 12.9. The second kappa shape index (κ2) is 36.5. The molecule has 0 spiro atoms. The molecule has 1 fully saturated rings. The third kappa shape index (κ3) is 27.4. The molecule has 55 heavy (non-hydrogen) atoms. The molecule has 6 N–H and O–H groups in total. The maximum absolute atomic E-state index is 12.9. The quantitative estimate of drug-likeness (QED) is 0.0273. The van der Waals surface area contributed by atoms with E-state index in [-0.39, 0.29) is 12.5 Å². The lowest BCUT2D eigenvalue weighted by atomic mass is 9.99. The first-order valence-electron chi connectivity index (χ1n) is 22.4. The van der Waals surface area contributed by atoms with Gasteiger partial charge in [-0.15, -0.1) is 0 Å². The number of hydrogen-bond acceptors (Lipinski definition) is 8. The molecule has 1 aliphatic rings. The number of rotatable bonds is 36. The highest BCUT2D eigenvalue weighted by atomic mass is 16.7. The van der Waals surface area contributed by atoms with Gasteiger partial charge >= 0.3 is 0 Å². The third-order valence-electron chi connectivity index (χ3n) is 10.4. The van der Waals surface area contributed by atoms with E-state index in [4.69, 9.17) is 9.47 Å². The van der Waals surface area contributed by atoms with Gasteiger partial charge in [0.05, 0.1) is 25.4 Å². The van der Waals surface area contributed by atoms with Crippen molar-refractivity contribution in [2.45, 2.75) is 224 Å². The fourth-order valence-electron chi connectivity index (χ4n) is 6.70. The van der Waals surface area contributed by atoms with E-state index in [1.54, 1.807) is 6.08 Å². The minimum atomic E-state index is -1.57. The van der Waals surface area contributed by atoms with Gasteiger partial charge in [0.2, 0.25) is 5.91 Å². The van der Waals surface area contributed by atoms with Crippen LogP contribution < -0.4 is 5.32 Å². The molecule has 0 aromatic carbocycles. The molecule has 320 valence electrons. The second-order valence-electron chi connectivity index (χ2n) is 15.5. The molecular formula is C46H83NO8. The van der Waals surface area contributed by atoms with E-state index >= 15 is 0 Å². The van der Waals surface area contributed by atoms with Gasteiger partial charge < -0.3 is 40.3 Å². The zero-order valence-corrected chi connectivity index (χ0v) is 34.9. The number of carbonyl (C=O) groups is 1. The van der Waals surface area contributed by atoms with Crippen LogP contribution in [0.4, 0.5) is 0 Å². The predicted molar refractivity (Wildman–Crippen MR) is 226 cm³/mol. The number of aliphatic hydroxyl groups excluding tert-OH is 5. The first kappa shape index (κ1) is 51.2. The van der Waals surface area contributed by atoms with Gasteiger partial charge in [-0.25, -0.2) is 0 Å². The Morgan fingerprint density at radius 3 is 1.58 bits per heavy atom. The van der Waals surface area contributed by atoms with E-state index in [1.807, 2.05) is 6.08 Å². The van der Waals surface area contributed by atoms with Crippen molar-refractivity contribution < 1.29 is 39.8 Å². The molecular weight excluding hydrogens is 695 g/mol. The summed E-state index contributed by atoms with van der Waals surface area (Å²) in [5, 5.41) is 54.0. The minimum absolute atomic E-state index is 0.204. The molecule has 1 saturated heterocycles. The Morgan fingerprint density at radius 2 is 1.05 bits per heavy atom. The van der Waals surface area contributed by atoms with Gasteiger partial charge in [0, 0.05) is 6.42 Å². The van der Waals surface area contributed by atoms with Gasteiger partial charge in [0.25, 0.3) is 0 Å². The molecule has 9 heteroatoms. The molecule has 1 amide bonds. The highest BCUT2D eigenvalue weighted by Crippen LogP contribution is 2.22.